The van der Waals surface area contributed by atoms with Gasteiger partial charge in [0.1, 0.15) is 0 Å². The minimum Gasteiger partial charge on any atom is -0.389 e. The maximum atomic E-state index is 10.1. The molecule has 1 aliphatic heterocycles. The van der Waals surface area contributed by atoms with Gasteiger partial charge in [0.2, 0.25) is 0 Å². The van der Waals surface area contributed by atoms with Crippen LogP contribution in [0, 0.1) is 0 Å². The zero-order valence-corrected chi connectivity index (χ0v) is 13.8. The van der Waals surface area contributed by atoms with Gasteiger partial charge in [0.15, 0.2) is 0 Å². The summed E-state index contributed by atoms with van der Waals surface area (Å²) in [6, 6.07) is 1.04. The molecular weight excluding hydrogens is 252 g/mol. The normalized spacial score (nSPS) is 24.0. The average Bonchev–Trinajstić information content (AvgIpc) is 2.43. The molecule has 1 saturated heterocycles. The van der Waals surface area contributed by atoms with Crippen molar-refractivity contribution in [3.63, 3.8) is 0 Å². The summed E-state index contributed by atoms with van der Waals surface area (Å²) in [4.78, 5) is 2.45. The first kappa shape index (κ1) is 17.9. The maximum Gasteiger partial charge on any atom is 0.0900 e. The summed E-state index contributed by atoms with van der Waals surface area (Å²) in [6.07, 6.45) is 4.76. The van der Waals surface area contributed by atoms with Crippen LogP contribution in [0.4, 0.5) is 0 Å². The first-order valence-corrected chi connectivity index (χ1v) is 8.31. The minimum absolute atomic E-state index is 0.187. The highest BCUT2D eigenvalue weighted by atomic mass is 16.5. The van der Waals surface area contributed by atoms with E-state index in [1.165, 1.54) is 25.7 Å². The Labute approximate surface area is 124 Å². The van der Waals surface area contributed by atoms with Crippen LogP contribution in [0.15, 0.2) is 0 Å². The molecule has 0 radical (unpaired) electrons. The van der Waals surface area contributed by atoms with Gasteiger partial charge in [-0.1, -0.05) is 13.3 Å². The summed E-state index contributed by atoms with van der Waals surface area (Å²) in [5, 5.41) is 13.7. The second-order valence-electron chi connectivity index (χ2n) is 6.34. The van der Waals surface area contributed by atoms with Crippen molar-refractivity contribution in [3.05, 3.63) is 0 Å². The maximum absolute atomic E-state index is 10.1. The smallest absolute Gasteiger partial charge is 0.0900 e. The number of β-amino-alcohol motifs (C(OH)–C–C–N with tert-alkyl or cyclic N) is 1. The van der Waals surface area contributed by atoms with Gasteiger partial charge in [-0.15, -0.1) is 0 Å². The van der Waals surface area contributed by atoms with Crippen molar-refractivity contribution in [1.82, 2.24) is 10.2 Å². The van der Waals surface area contributed by atoms with Crippen LogP contribution in [0.25, 0.3) is 0 Å². The highest BCUT2D eigenvalue weighted by molar-refractivity contribution is 4.86. The van der Waals surface area contributed by atoms with Crippen molar-refractivity contribution in [2.24, 2.45) is 0 Å². The molecule has 120 valence electrons. The van der Waals surface area contributed by atoms with Crippen molar-refractivity contribution in [2.45, 2.75) is 77.7 Å². The molecule has 0 aromatic heterocycles. The number of piperidine rings is 1. The van der Waals surface area contributed by atoms with Crippen LogP contribution in [0.1, 0.15) is 53.4 Å². The van der Waals surface area contributed by atoms with Gasteiger partial charge in [-0.3, -0.25) is 4.90 Å². The molecule has 0 amide bonds. The third-order valence-corrected chi connectivity index (χ3v) is 4.02. The summed E-state index contributed by atoms with van der Waals surface area (Å²) in [5.41, 5.74) is 0. The lowest BCUT2D eigenvalue weighted by Crippen LogP contribution is -2.53. The summed E-state index contributed by atoms with van der Waals surface area (Å²) in [7, 11) is 0. The van der Waals surface area contributed by atoms with E-state index in [9.17, 15) is 5.11 Å². The van der Waals surface area contributed by atoms with E-state index in [0.29, 0.717) is 18.7 Å². The number of nitrogens with zero attached hydrogens (tertiary/aromatic N) is 1. The van der Waals surface area contributed by atoms with E-state index < -0.39 is 0 Å². The fourth-order valence-electron chi connectivity index (χ4n) is 2.94. The zero-order valence-electron chi connectivity index (χ0n) is 13.8. The SMILES string of the molecule is CCCNC(C)C1CCCCN1CC(O)COC(C)C. The average molecular weight is 286 g/mol. The Kier molecular flexibility index (Phi) is 8.69. The molecule has 3 atom stereocenters. The standard InChI is InChI=1S/C16H34N2O2/c1-5-9-17-14(4)16-8-6-7-10-18(16)11-15(19)12-20-13(2)3/h13-17,19H,5-12H2,1-4H3. The number of ether oxygens (including phenoxy) is 1. The molecule has 1 heterocycles. The summed E-state index contributed by atoms with van der Waals surface area (Å²) in [5.74, 6) is 0. The Morgan fingerprint density at radius 2 is 2.05 bits per heavy atom. The van der Waals surface area contributed by atoms with Gasteiger partial charge in [0.05, 0.1) is 18.8 Å². The lowest BCUT2D eigenvalue weighted by molar-refractivity contribution is -0.0213. The molecule has 0 spiro atoms. The molecule has 0 aliphatic carbocycles. The Morgan fingerprint density at radius 1 is 1.30 bits per heavy atom. The number of aliphatic hydroxyl groups excluding tert-OH is 1. The molecule has 1 fully saturated rings. The van der Waals surface area contributed by atoms with Gasteiger partial charge in [-0.2, -0.15) is 0 Å². The van der Waals surface area contributed by atoms with Crippen LogP contribution in [0.2, 0.25) is 0 Å². The van der Waals surface area contributed by atoms with Crippen LogP contribution in [-0.4, -0.2) is 60.5 Å². The summed E-state index contributed by atoms with van der Waals surface area (Å²) in [6.45, 7) is 11.8. The van der Waals surface area contributed by atoms with E-state index >= 15 is 0 Å². The van der Waals surface area contributed by atoms with Crippen molar-refractivity contribution in [1.29, 1.82) is 0 Å². The second-order valence-corrected chi connectivity index (χ2v) is 6.34. The Hall–Kier alpha value is -0.160. The van der Waals surface area contributed by atoms with Gasteiger partial charge in [-0.25, -0.2) is 0 Å². The zero-order chi connectivity index (χ0) is 15.0. The molecule has 3 unspecified atom stereocenters. The predicted octanol–water partition coefficient (Wildman–Crippen LogP) is 2.01. The van der Waals surface area contributed by atoms with Gasteiger partial charge in [0.25, 0.3) is 0 Å². The highest BCUT2D eigenvalue weighted by Crippen LogP contribution is 2.20. The molecule has 0 bridgehead atoms. The van der Waals surface area contributed by atoms with Crippen LogP contribution in [-0.2, 0) is 4.74 Å². The number of rotatable bonds is 9. The topological polar surface area (TPSA) is 44.7 Å². The molecule has 1 aliphatic rings. The largest absolute Gasteiger partial charge is 0.389 e. The van der Waals surface area contributed by atoms with E-state index in [-0.39, 0.29) is 12.2 Å². The third kappa shape index (κ3) is 6.53. The first-order chi connectivity index (χ1) is 9.54. The second kappa shape index (κ2) is 9.72. The van der Waals surface area contributed by atoms with E-state index in [0.717, 1.165) is 19.6 Å². The van der Waals surface area contributed by atoms with Crippen LogP contribution in [0.3, 0.4) is 0 Å². The van der Waals surface area contributed by atoms with E-state index in [2.05, 4.69) is 24.1 Å². The molecular formula is C16H34N2O2. The van der Waals surface area contributed by atoms with E-state index in [1.807, 2.05) is 13.8 Å². The highest BCUT2D eigenvalue weighted by Gasteiger charge is 2.28. The molecule has 1 rings (SSSR count). The van der Waals surface area contributed by atoms with Gasteiger partial charge < -0.3 is 15.2 Å². The molecule has 2 N–H and O–H groups in total. The van der Waals surface area contributed by atoms with Crippen molar-refractivity contribution >= 4 is 0 Å². The number of hydrogen-bond donors (Lipinski definition) is 2. The molecule has 0 aromatic carbocycles. The number of likely N-dealkylation sites (tertiary alicyclic amines) is 1. The minimum atomic E-state index is -0.378. The molecule has 4 nitrogen and oxygen atoms in total. The Balaban J connectivity index is 2.42. The molecule has 0 aromatic rings. The number of aliphatic hydroxyl groups is 1. The first-order valence-electron chi connectivity index (χ1n) is 8.31. The van der Waals surface area contributed by atoms with E-state index in [4.69, 9.17) is 4.74 Å². The van der Waals surface area contributed by atoms with Crippen LogP contribution in [0.5, 0.6) is 0 Å². The van der Waals surface area contributed by atoms with Gasteiger partial charge >= 0.3 is 0 Å². The molecule has 0 saturated carbocycles. The summed E-state index contributed by atoms with van der Waals surface area (Å²) >= 11 is 0. The third-order valence-electron chi connectivity index (χ3n) is 4.02. The van der Waals surface area contributed by atoms with Gasteiger partial charge in [0, 0.05) is 18.6 Å². The van der Waals surface area contributed by atoms with Crippen molar-refractivity contribution < 1.29 is 9.84 Å². The number of nitrogens with one attached hydrogen (secondary N) is 1. The van der Waals surface area contributed by atoms with E-state index in [1.54, 1.807) is 0 Å². The Bertz CT molecular complexity index is 249. The lowest BCUT2D eigenvalue weighted by atomic mass is 9.96. The monoisotopic (exact) mass is 286 g/mol. The number of hydrogen-bond acceptors (Lipinski definition) is 4. The van der Waals surface area contributed by atoms with Crippen LogP contribution >= 0.6 is 0 Å². The lowest BCUT2D eigenvalue weighted by Gasteiger charge is -2.40. The molecule has 4 heteroatoms. The predicted molar refractivity (Wildman–Crippen MR) is 84.1 cm³/mol. The fraction of sp³-hybridized carbons (Fsp3) is 1.00. The van der Waals surface area contributed by atoms with Crippen LogP contribution < -0.4 is 5.32 Å². The van der Waals surface area contributed by atoms with Gasteiger partial charge in [-0.05, 0) is 53.1 Å². The van der Waals surface area contributed by atoms with Crippen molar-refractivity contribution in [3.8, 4) is 0 Å². The fourth-order valence-corrected chi connectivity index (χ4v) is 2.94. The molecule has 20 heavy (non-hydrogen) atoms. The Morgan fingerprint density at radius 3 is 2.70 bits per heavy atom. The quantitative estimate of drug-likeness (QED) is 0.680. The van der Waals surface area contributed by atoms with Crippen molar-refractivity contribution in [2.75, 3.05) is 26.2 Å². The summed E-state index contributed by atoms with van der Waals surface area (Å²) < 4.78 is 5.51.